The predicted octanol–water partition coefficient (Wildman–Crippen LogP) is 3.76. The Kier molecular flexibility index (Phi) is 4.45. The van der Waals surface area contributed by atoms with Gasteiger partial charge in [0.1, 0.15) is 5.78 Å². The van der Waals surface area contributed by atoms with Crippen molar-refractivity contribution in [2.75, 3.05) is 0 Å². The largest absolute Gasteiger partial charge is 0.299 e. The Hall–Kier alpha value is -1.96. The summed E-state index contributed by atoms with van der Waals surface area (Å²) in [6, 6.07) is 12.2. The molecule has 2 aromatic rings. The van der Waals surface area contributed by atoms with Crippen molar-refractivity contribution >= 4 is 5.78 Å². The van der Waals surface area contributed by atoms with E-state index in [-0.39, 0.29) is 11.7 Å². The van der Waals surface area contributed by atoms with Crippen molar-refractivity contribution < 1.29 is 4.79 Å². The first-order chi connectivity index (χ1) is 9.22. The lowest BCUT2D eigenvalue weighted by molar-refractivity contribution is -0.117. The van der Waals surface area contributed by atoms with Crippen LogP contribution in [0.4, 0.5) is 0 Å². The van der Waals surface area contributed by atoms with E-state index in [2.05, 4.69) is 24.0 Å². The van der Waals surface area contributed by atoms with Crippen molar-refractivity contribution in [3.8, 4) is 0 Å². The van der Waals surface area contributed by atoms with Gasteiger partial charge in [0.15, 0.2) is 0 Å². The van der Waals surface area contributed by atoms with Crippen LogP contribution in [0, 0.1) is 0 Å². The predicted molar refractivity (Wildman–Crippen MR) is 77.2 cm³/mol. The summed E-state index contributed by atoms with van der Waals surface area (Å²) >= 11 is 0. The maximum Gasteiger partial charge on any atom is 0.141 e. The zero-order valence-corrected chi connectivity index (χ0v) is 11.5. The number of aryl methyl sites for hydroxylation is 1. The average Bonchev–Trinajstić information content (AvgIpc) is 2.40. The van der Waals surface area contributed by atoms with Gasteiger partial charge in [-0.1, -0.05) is 37.6 Å². The van der Waals surface area contributed by atoms with Crippen LogP contribution in [0.2, 0.25) is 0 Å². The molecule has 0 aliphatic rings. The quantitative estimate of drug-likeness (QED) is 0.812. The number of aromatic nitrogens is 1. The monoisotopic (exact) mass is 253 g/mol. The van der Waals surface area contributed by atoms with Crippen LogP contribution >= 0.6 is 0 Å². The average molecular weight is 253 g/mol. The van der Waals surface area contributed by atoms with Crippen LogP contribution in [0.5, 0.6) is 0 Å². The molecule has 0 fully saturated rings. The van der Waals surface area contributed by atoms with Gasteiger partial charge >= 0.3 is 0 Å². The molecule has 19 heavy (non-hydrogen) atoms. The smallest absolute Gasteiger partial charge is 0.141 e. The summed E-state index contributed by atoms with van der Waals surface area (Å²) in [5.74, 6) is -0.0142. The molecule has 0 saturated heterocycles. The number of pyridine rings is 1. The number of rotatable bonds is 5. The zero-order chi connectivity index (χ0) is 13.7. The maximum absolute atomic E-state index is 12.0. The first kappa shape index (κ1) is 13.5. The van der Waals surface area contributed by atoms with Crippen molar-refractivity contribution in [1.29, 1.82) is 0 Å². The molecule has 0 radical (unpaired) electrons. The molecule has 1 unspecified atom stereocenters. The minimum Gasteiger partial charge on any atom is -0.299 e. The molecule has 0 spiro atoms. The third kappa shape index (κ3) is 3.28. The summed E-state index contributed by atoms with van der Waals surface area (Å²) in [7, 11) is 0. The molecule has 2 nitrogen and oxygen atoms in total. The lowest BCUT2D eigenvalue weighted by Gasteiger charge is -2.15. The van der Waals surface area contributed by atoms with Gasteiger partial charge in [-0.3, -0.25) is 9.78 Å². The van der Waals surface area contributed by atoms with Gasteiger partial charge in [0.2, 0.25) is 0 Å². The Bertz CT molecular complexity index is 548. The molecule has 1 atom stereocenters. The topological polar surface area (TPSA) is 30.0 Å². The highest BCUT2D eigenvalue weighted by Crippen LogP contribution is 2.26. The molecule has 0 N–H and O–H groups in total. The van der Waals surface area contributed by atoms with Crippen molar-refractivity contribution in [2.45, 2.75) is 32.6 Å². The number of carbonyl (C=O) groups excluding carboxylic acids is 1. The minimum absolute atomic E-state index is 0.167. The van der Waals surface area contributed by atoms with Gasteiger partial charge in [-0.2, -0.15) is 0 Å². The molecule has 0 saturated carbocycles. The van der Waals surface area contributed by atoms with Crippen molar-refractivity contribution in [3.05, 3.63) is 65.5 Å². The van der Waals surface area contributed by atoms with Crippen LogP contribution in [0.15, 0.2) is 48.8 Å². The first-order valence-electron chi connectivity index (χ1n) is 6.71. The molecule has 1 aromatic heterocycles. The van der Waals surface area contributed by atoms with Crippen molar-refractivity contribution in [1.82, 2.24) is 4.98 Å². The third-order valence-electron chi connectivity index (χ3n) is 3.27. The standard InChI is InChI=1S/C17H19NO/c1-3-5-14-6-4-7-16(12-14)17(13(2)19)15-8-10-18-11-9-15/h4,6-12,17H,3,5H2,1-2H3. The fourth-order valence-corrected chi connectivity index (χ4v) is 2.43. The number of Topliss-reactive ketones (excluding diaryl/α,β-unsaturated/α-hetero) is 1. The summed E-state index contributed by atoms with van der Waals surface area (Å²) in [6.07, 6.45) is 5.64. The summed E-state index contributed by atoms with van der Waals surface area (Å²) in [5, 5.41) is 0. The molecule has 0 aliphatic heterocycles. The van der Waals surface area contributed by atoms with E-state index in [0.29, 0.717) is 0 Å². The Balaban J connectivity index is 2.40. The van der Waals surface area contributed by atoms with Gasteiger partial charge < -0.3 is 0 Å². The zero-order valence-electron chi connectivity index (χ0n) is 11.5. The van der Waals surface area contributed by atoms with E-state index in [4.69, 9.17) is 0 Å². The summed E-state index contributed by atoms with van der Waals surface area (Å²) in [5.41, 5.74) is 3.38. The Morgan fingerprint density at radius 3 is 2.53 bits per heavy atom. The van der Waals surface area contributed by atoms with E-state index in [0.717, 1.165) is 24.0 Å². The van der Waals surface area contributed by atoms with Crippen LogP contribution < -0.4 is 0 Å². The highest BCUT2D eigenvalue weighted by atomic mass is 16.1. The second kappa shape index (κ2) is 6.28. The van der Waals surface area contributed by atoms with E-state index in [1.54, 1.807) is 19.3 Å². The third-order valence-corrected chi connectivity index (χ3v) is 3.27. The van der Waals surface area contributed by atoms with E-state index < -0.39 is 0 Å². The molecular formula is C17H19NO. The van der Waals surface area contributed by atoms with Gasteiger partial charge in [0, 0.05) is 12.4 Å². The van der Waals surface area contributed by atoms with Crippen molar-refractivity contribution in [2.24, 2.45) is 0 Å². The minimum atomic E-state index is -0.181. The molecule has 0 aliphatic carbocycles. The summed E-state index contributed by atoms with van der Waals surface area (Å²) in [4.78, 5) is 16.0. The fraction of sp³-hybridized carbons (Fsp3) is 0.294. The Labute approximate surface area is 114 Å². The highest BCUT2D eigenvalue weighted by Gasteiger charge is 2.19. The highest BCUT2D eigenvalue weighted by molar-refractivity contribution is 5.86. The van der Waals surface area contributed by atoms with Gasteiger partial charge in [-0.05, 0) is 42.2 Å². The van der Waals surface area contributed by atoms with E-state index in [1.807, 2.05) is 24.3 Å². The van der Waals surface area contributed by atoms with Crippen molar-refractivity contribution in [3.63, 3.8) is 0 Å². The van der Waals surface area contributed by atoms with Crippen LogP contribution in [-0.2, 0) is 11.2 Å². The Morgan fingerprint density at radius 2 is 1.89 bits per heavy atom. The maximum atomic E-state index is 12.0. The lowest BCUT2D eigenvalue weighted by atomic mass is 9.87. The van der Waals surface area contributed by atoms with Gasteiger partial charge in [0.05, 0.1) is 5.92 Å². The van der Waals surface area contributed by atoms with Crippen LogP contribution in [-0.4, -0.2) is 10.8 Å². The first-order valence-corrected chi connectivity index (χ1v) is 6.71. The number of benzene rings is 1. The molecule has 0 bridgehead atoms. The molecule has 2 rings (SSSR count). The molecular weight excluding hydrogens is 234 g/mol. The number of carbonyl (C=O) groups is 1. The molecule has 2 heteroatoms. The van der Waals surface area contributed by atoms with Crippen LogP contribution in [0.1, 0.15) is 42.9 Å². The molecule has 1 aromatic carbocycles. The summed E-state index contributed by atoms with van der Waals surface area (Å²) in [6.45, 7) is 3.82. The van der Waals surface area contributed by atoms with Crippen LogP contribution in [0.3, 0.4) is 0 Å². The second-order valence-electron chi connectivity index (χ2n) is 4.82. The van der Waals surface area contributed by atoms with Gasteiger partial charge in [0.25, 0.3) is 0 Å². The second-order valence-corrected chi connectivity index (χ2v) is 4.82. The summed E-state index contributed by atoms with van der Waals surface area (Å²) < 4.78 is 0. The fourth-order valence-electron chi connectivity index (χ4n) is 2.43. The van der Waals surface area contributed by atoms with Gasteiger partial charge in [-0.25, -0.2) is 0 Å². The van der Waals surface area contributed by atoms with Gasteiger partial charge in [-0.15, -0.1) is 0 Å². The lowest BCUT2D eigenvalue weighted by Crippen LogP contribution is -2.11. The molecule has 98 valence electrons. The van der Waals surface area contributed by atoms with E-state index in [9.17, 15) is 4.79 Å². The molecule has 0 amide bonds. The SMILES string of the molecule is CCCc1cccc(C(C(C)=O)c2ccncc2)c1. The number of nitrogens with zero attached hydrogens (tertiary/aromatic N) is 1. The molecule has 1 heterocycles. The van der Waals surface area contributed by atoms with Crippen LogP contribution in [0.25, 0.3) is 0 Å². The van der Waals surface area contributed by atoms with E-state index in [1.165, 1.54) is 5.56 Å². The number of hydrogen-bond donors (Lipinski definition) is 0. The number of hydrogen-bond acceptors (Lipinski definition) is 2. The normalized spacial score (nSPS) is 12.1. The number of ketones is 1. The van der Waals surface area contributed by atoms with E-state index >= 15 is 0 Å². The Morgan fingerprint density at radius 1 is 1.16 bits per heavy atom.